The van der Waals surface area contributed by atoms with Gasteiger partial charge in [-0.3, -0.25) is 4.79 Å². The number of ether oxygens (including phenoxy) is 1. The van der Waals surface area contributed by atoms with Crippen molar-refractivity contribution in [2.75, 3.05) is 31.1 Å². The highest BCUT2D eigenvalue weighted by atomic mass is 16.5. The van der Waals surface area contributed by atoms with Crippen molar-refractivity contribution in [3.63, 3.8) is 0 Å². The number of hydrogen-bond acceptors (Lipinski definition) is 5. The van der Waals surface area contributed by atoms with Crippen LogP contribution in [0, 0.1) is 0 Å². The average Bonchev–Trinajstić information content (AvgIpc) is 2.75. The molecule has 1 heterocycles. The van der Waals surface area contributed by atoms with E-state index in [-0.39, 0.29) is 17.6 Å². The van der Waals surface area contributed by atoms with Crippen LogP contribution in [-0.2, 0) is 9.53 Å². The topological polar surface area (TPSA) is 78.9 Å². The number of nitrogens with one attached hydrogen (secondary N) is 1. The van der Waals surface area contributed by atoms with Crippen molar-refractivity contribution in [2.24, 2.45) is 0 Å². The average molecular weight is 411 g/mol. The largest absolute Gasteiger partial charge is 0.508 e. The van der Waals surface area contributed by atoms with E-state index in [0.29, 0.717) is 18.7 Å². The van der Waals surface area contributed by atoms with Crippen LogP contribution in [0.15, 0.2) is 42.5 Å². The van der Waals surface area contributed by atoms with Gasteiger partial charge in [-0.15, -0.1) is 0 Å². The minimum absolute atomic E-state index is 0.128. The number of anilines is 1. The quantitative estimate of drug-likeness (QED) is 0.679. The molecular weight excluding hydrogens is 380 g/mol. The highest BCUT2D eigenvalue weighted by Gasteiger charge is 2.28. The predicted octanol–water partition coefficient (Wildman–Crippen LogP) is 3.83. The van der Waals surface area contributed by atoms with Gasteiger partial charge in [-0.1, -0.05) is 12.1 Å². The molecule has 160 valence electrons. The molecule has 0 aromatic heterocycles. The van der Waals surface area contributed by atoms with Gasteiger partial charge in [0.1, 0.15) is 5.75 Å². The summed E-state index contributed by atoms with van der Waals surface area (Å²) in [5.41, 5.74) is 2.95. The van der Waals surface area contributed by atoms with Crippen molar-refractivity contribution in [1.29, 1.82) is 0 Å². The van der Waals surface area contributed by atoms with Crippen LogP contribution < -0.4 is 10.2 Å². The van der Waals surface area contributed by atoms with Crippen LogP contribution in [0.1, 0.15) is 60.5 Å². The zero-order valence-electron chi connectivity index (χ0n) is 17.7. The number of carbonyl (C=O) groups is 2. The number of carbonyl (C=O) groups excluding carboxylic acids is 2. The molecule has 6 nitrogen and oxygen atoms in total. The maximum atomic E-state index is 13.1. The highest BCUT2D eigenvalue weighted by Crippen LogP contribution is 2.36. The third kappa shape index (κ3) is 4.93. The Labute approximate surface area is 177 Å². The molecular formula is C24H30N2O4. The molecule has 1 amide bonds. The van der Waals surface area contributed by atoms with Crippen LogP contribution >= 0.6 is 0 Å². The lowest BCUT2D eigenvalue weighted by molar-refractivity contribution is -0.121. The summed E-state index contributed by atoms with van der Waals surface area (Å²) in [6.07, 6.45) is 3.43. The fourth-order valence-corrected chi connectivity index (χ4v) is 3.97. The van der Waals surface area contributed by atoms with E-state index in [1.807, 2.05) is 13.0 Å². The van der Waals surface area contributed by atoms with Crippen LogP contribution in [0.2, 0.25) is 0 Å². The first-order valence-electron chi connectivity index (χ1n) is 10.7. The van der Waals surface area contributed by atoms with E-state index in [9.17, 15) is 14.7 Å². The zero-order chi connectivity index (χ0) is 21.5. The molecule has 0 bridgehead atoms. The van der Waals surface area contributed by atoms with E-state index in [1.54, 1.807) is 43.3 Å². The minimum Gasteiger partial charge on any atom is -0.508 e. The smallest absolute Gasteiger partial charge is 0.338 e. The third-order valence-corrected chi connectivity index (χ3v) is 5.39. The van der Waals surface area contributed by atoms with E-state index in [4.69, 9.17) is 4.74 Å². The van der Waals surface area contributed by atoms with Crippen molar-refractivity contribution < 1.29 is 19.4 Å². The van der Waals surface area contributed by atoms with Crippen molar-refractivity contribution in [3.05, 3.63) is 59.2 Å². The van der Waals surface area contributed by atoms with Crippen molar-refractivity contribution >= 4 is 17.6 Å². The van der Waals surface area contributed by atoms with Gasteiger partial charge >= 0.3 is 5.97 Å². The number of rotatable bonds is 7. The molecule has 1 saturated heterocycles. The summed E-state index contributed by atoms with van der Waals surface area (Å²) in [5, 5.41) is 13.1. The standard InChI is InChI=1S/C24H30N2O4/c1-3-25-23(28)22(17-8-10-18(11-9-17)24(29)30-4-2)20-16-19(27)12-13-21(20)26-14-6-5-7-15-26/h8-13,16,22,27H,3-7,14-15H2,1-2H3,(H,25,28). The molecule has 2 aromatic rings. The molecule has 30 heavy (non-hydrogen) atoms. The molecule has 1 atom stereocenters. The fraction of sp³-hybridized carbons (Fsp3) is 0.417. The van der Waals surface area contributed by atoms with E-state index >= 15 is 0 Å². The Hall–Kier alpha value is -3.02. The maximum Gasteiger partial charge on any atom is 0.338 e. The van der Waals surface area contributed by atoms with Gasteiger partial charge in [0.15, 0.2) is 0 Å². The Bertz CT molecular complexity index is 873. The summed E-state index contributed by atoms with van der Waals surface area (Å²) in [7, 11) is 0. The summed E-state index contributed by atoms with van der Waals surface area (Å²) in [6.45, 7) is 6.33. The molecule has 0 aliphatic carbocycles. The molecule has 1 aliphatic rings. The van der Waals surface area contributed by atoms with Gasteiger partial charge in [0, 0.05) is 25.3 Å². The van der Waals surface area contributed by atoms with Crippen LogP contribution in [0.4, 0.5) is 5.69 Å². The van der Waals surface area contributed by atoms with Gasteiger partial charge in [0.2, 0.25) is 5.91 Å². The Morgan fingerprint density at radius 2 is 1.77 bits per heavy atom. The first-order chi connectivity index (χ1) is 14.5. The lowest BCUT2D eigenvalue weighted by Crippen LogP contribution is -2.34. The molecule has 2 aromatic carbocycles. The van der Waals surface area contributed by atoms with Gasteiger partial charge in [-0.2, -0.15) is 0 Å². The van der Waals surface area contributed by atoms with Crippen LogP contribution in [0.3, 0.4) is 0 Å². The second kappa shape index (κ2) is 10.1. The number of esters is 1. The SMILES string of the molecule is CCNC(=O)C(c1ccc(C(=O)OCC)cc1)c1cc(O)ccc1N1CCCCC1. The maximum absolute atomic E-state index is 13.1. The van der Waals surface area contributed by atoms with Gasteiger partial charge in [0.05, 0.1) is 18.1 Å². The van der Waals surface area contributed by atoms with Crippen LogP contribution in [0.25, 0.3) is 0 Å². The minimum atomic E-state index is -0.592. The van der Waals surface area contributed by atoms with Crippen molar-refractivity contribution in [3.8, 4) is 5.75 Å². The lowest BCUT2D eigenvalue weighted by Gasteiger charge is -2.32. The Morgan fingerprint density at radius 1 is 1.07 bits per heavy atom. The second-order valence-corrected chi connectivity index (χ2v) is 7.46. The number of aromatic hydroxyl groups is 1. The summed E-state index contributed by atoms with van der Waals surface area (Å²) < 4.78 is 5.06. The van der Waals surface area contributed by atoms with Crippen molar-refractivity contribution in [2.45, 2.75) is 39.0 Å². The summed E-state index contributed by atoms with van der Waals surface area (Å²) in [6, 6.07) is 12.2. The Morgan fingerprint density at radius 3 is 2.40 bits per heavy atom. The van der Waals surface area contributed by atoms with E-state index in [1.165, 1.54) is 6.42 Å². The first-order valence-corrected chi connectivity index (χ1v) is 10.7. The predicted molar refractivity (Wildman–Crippen MR) is 117 cm³/mol. The fourth-order valence-electron chi connectivity index (χ4n) is 3.97. The van der Waals surface area contributed by atoms with Gasteiger partial charge in [-0.25, -0.2) is 4.79 Å². The number of piperidine rings is 1. The number of nitrogens with zero attached hydrogens (tertiary/aromatic N) is 1. The zero-order valence-corrected chi connectivity index (χ0v) is 17.7. The molecule has 0 saturated carbocycles. The van der Waals surface area contributed by atoms with E-state index in [0.717, 1.165) is 42.7 Å². The number of benzene rings is 2. The molecule has 1 aliphatic heterocycles. The molecule has 2 N–H and O–H groups in total. The normalized spacial score (nSPS) is 14.8. The van der Waals surface area contributed by atoms with Gasteiger partial charge in [-0.05, 0) is 74.6 Å². The van der Waals surface area contributed by atoms with Crippen LogP contribution in [0.5, 0.6) is 5.75 Å². The number of likely N-dealkylation sites (N-methyl/N-ethyl adjacent to an activating group) is 1. The van der Waals surface area contributed by atoms with E-state index < -0.39 is 5.92 Å². The summed E-state index contributed by atoms with van der Waals surface area (Å²) in [4.78, 5) is 27.4. The molecule has 1 fully saturated rings. The van der Waals surface area contributed by atoms with Gasteiger partial charge < -0.3 is 20.1 Å². The van der Waals surface area contributed by atoms with Crippen molar-refractivity contribution in [1.82, 2.24) is 5.32 Å². The number of amides is 1. The number of phenolic OH excluding ortho intramolecular Hbond substituents is 1. The third-order valence-electron chi connectivity index (χ3n) is 5.39. The second-order valence-electron chi connectivity index (χ2n) is 7.46. The first kappa shape index (κ1) is 21.7. The van der Waals surface area contributed by atoms with Crippen LogP contribution in [-0.4, -0.2) is 43.2 Å². The monoisotopic (exact) mass is 410 g/mol. The summed E-state index contributed by atoms with van der Waals surface area (Å²) >= 11 is 0. The molecule has 0 radical (unpaired) electrons. The Balaban J connectivity index is 2.03. The van der Waals surface area contributed by atoms with E-state index in [2.05, 4.69) is 10.2 Å². The number of phenols is 1. The Kier molecular flexibility index (Phi) is 7.33. The molecule has 0 spiro atoms. The summed E-state index contributed by atoms with van der Waals surface area (Å²) in [5.74, 6) is -0.983. The molecule has 6 heteroatoms. The lowest BCUT2D eigenvalue weighted by atomic mass is 9.87. The van der Waals surface area contributed by atoms with Gasteiger partial charge in [0.25, 0.3) is 0 Å². The number of hydrogen-bond donors (Lipinski definition) is 2. The molecule has 3 rings (SSSR count). The molecule has 1 unspecified atom stereocenters. The highest BCUT2D eigenvalue weighted by molar-refractivity contribution is 5.91.